The third kappa shape index (κ3) is 5.70. The Hall–Kier alpha value is -2.12. The molecule has 0 unspecified atom stereocenters. The first-order chi connectivity index (χ1) is 13.7. The van der Waals surface area contributed by atoms with E-state index in [0.29, 0.717) is 12.3 Å². The number of carbonyl (C=O) groups excluding carboxylic acids is 1. The molecule has 0 bridgehead atoms. The minimum atomic E-state index is -4.03. The number of nitrogens with two attached hydrogens (primary N) is 1. The van der Waals surface area contributed by atoms with Crippen molar-refractivity contribution in [2.75, 3.05) is 12.8 Å². The molecule has 0 aliphatic heterocycles. The van der Waals surface area contributed by atoms with Crippen LogP contribution in [0.25, 0.3) is 10.9 Å². The monoisotopic (exact) mass is 480 g/mol. The van der Waals surface area contributed by atoms with Gasteiger partial charge in [0.1, 0.15) is 5.75 Å². The highest BCUT2D eigenvalue weighted by molar-refractivity contribution is 9.10. The lowest BCUT2D eigenvalue weighted by Gasteiger charge is -2.09. The molecule has 1 heterocycles. The van der Waals surface area contributed by atoms with Crippen LogP contribution < -0.4 is 10.5 Å². The molecule has 0 aliphatic carbocycles. The number of hydrogen-bond acceptors (Lipinski definition) is 3. The van der Waals surface area contributed by atoms with Gasteiger partial charge < -0.3 is 24.8 Å². The van der Waals surface area contributed by atoms with E-state index in [1.807, 2.05) is 48.5 Å². The number of carbonyl (C=O) groups is 1. The highest BCUT2D eigenvalue weighted by Crippen LogP contribution is 2.36. The van der Waals surface area contributed by atoms with Crippen LogP contribution in [0.1, 0.15) is 17.5 Å². The Morgan fingerprint density at radius 3 is 2.55 bits per heavy atom. The molecule has 0 saturated carbocycles. The summed E-state index contributed by atoms with van der Waals surface area (Å²) in [5.41, 5.74) is 8.28. The van der Waals surface area contributed by atoms with Crippen molar-refractivity contribution in [3.8, 4) is 5.75 Å². The predicted octanol–water partition coefficient (Wildman–Crippen LogP) is 3.43. The molecule has 3 aromatic rings. The number of halogens is 1. The Balaban J connectivity index is 1.91. The van der Waals surface area contributed by atoms with Gasteiger partial charge in [-0.3, -0.25) is 9.36 Å². The van der Waals surface area contributed by atoms with Crippen LogP contribution in [-0.4, -0.2) is 33.0 Å². The van der Waals surface area contributed by atoms with Crippen molar-refractivity contribution in [1.82, 2.24) is 4.57 Å². The number of nitrogens with zero attached hydrogens (tertiary/aromatic N) is 1. The molecule has 7 nitrogen and oxygen atoms in total. The van der Waals surface area contributed by atoms with Gasteiger partial charge in [0.2, 0.25) is 5.91 Å². The Morgan fingerprint density at radius 1 is 1.17 bits per heavy atom. The Bertz CT molecular complexity index is 1060. The van der Waals surface area contributed by atoms with Gasteiger partial charge in [0.05, 0.1) is 23.8 Å². The summed E-state index contributed by atoms with van der Waals surface area (Å²) >= 11 is 3.62. The van der Waals surface area contributed by atoms with Crippen molar-refractivity contribution in [3.63, 3.8) is 0 Å². The summed E-state index contributed by atoms with van der Waals surface area (Å²) in [7, 11) is -4.03. The second kappa shape index (κ2) is 9.13. The van der Waals surface area contributed by atoms with Gasteiger partial charge in [0.25, 0.3) is 0 Å². The number of rotatable bonds is 9. The zero-order valence-corrected chi connectivity index (χ0v) is 18.1. The van der Waals surface area contributed by atoms with Gasteiger partial charge in [0, 0.05) is 23.0 Å². The molecule has 9 heteroatoms. The number of primary amides is 1. The first-order valence-electron chi connectivity index (χ1n) is 9.05. The van der Waals surface area contributed by atoms with E-state index in [-0.39, 0.29) is 25.6 Å². The van der Waals surface area contributed by atoms with Crippen molar-refractivity contribution in [2.24, 2.45) is 5.73 Å². The smallest absolute Gasteiger partial charge is 0.325 e. The van der Waals surface area contributed by atoms with Crippen molar-refractivity contribution >= 4 is 40.3 Å². The second-order valence-electron chi connectivity index (χ2n) is 6.75. The van der Waals surface area contributed by atoms with E-state index in [2.05, 4.69) is 20.5 Å². The molecular weight excluding hydrogens is 459 g/mol. The van der Waals surface area contributed by atoms with E-state index in [1.165, 1.54) is 0 Å². The van der Waals surface area contributed by atoms with Gasteiger partial charge >= 0.3 is 7.60 Å². The fraction of sp³-hybridized carbons (Fsp3) is 0.250. The Labute approximate surface area is 176 Å². The Kier molecular flexibility index (Phi) is 6.80. The topological polar surface area (TPSA) is 115 Å². The van der Waals surface area contributed by atoms with E-state index < -0.39 is 13.5 Å². The zero-order chi connectivity index (χ0) is 21.0. The van der Waals surface area contributed by atoms with Crippen LogP contribution in [0.4, 0.5) is 0 Å². The highest BCUT2D eigenvalue weighted by atomic mass is 79.9. The molecule has 0 aliphatic rings. The lowest BCUT2D eigenvalue weighted by atomic mass is 10.1. The maximum Gasteiger partial charge on any atom is 0.325 e. The summed E-state index contributed by atoms with van der Waals surface area (Å²) in [5.74, 6) is 0.135. The quantitative estimate of drug-likeness (QED) is 0.320. The summed E-state index contributed by atoms with van der Waals surface area (Å²) < 4.78 is 19.5. The fourth-order valence-corrected chi connectivity index (χ4v) is 4.40. The van der Waals surface area contributed by atoms with E-state index in [0.717, 1.165) is 26.6 Å². The first kappa shape index (κ1) is 21.6. The third-order valence-corrected chi connectivity index (χ3v) is 6.27. The molecule has 3 rings (SSSR count). The number of amides is 1. The minimum Gasteiger partial charge on any atom is -0.494 e. The molecule has 1 aromatic heterocycles. The SMILES string of the molecule is NC(=O)Cc1c(Br)n(Cc2ccccc2)c2ccc(OCCCP(=O)(O)O)cc12. The van der Waals surface area contributed by atoms with E-state index in [9.17, 15) is 9.36 Å². The molecule has 0 atom stereocenters. The molecule has 29 heavy (non-hydrogen) atoms. The summed E-state index contributed by atoms with van der Waals surface area (Å²) in [5, 5.41) is 0.846. The summed E-state index contributed by atoms with van der Waals surface area (Å²) in [6.07, 6.45) is 0.108. The van der Waals surface area contributed by atoms with Gasteiger partial charge in [-0.2, -0.15) is 0 Å². The standard InChI is InChI=1S/C20H22BrN2O5P/c21-20-17(12-19(22)24)16-11-15(28-9-4-10-29(25,26)27)7-8-18(16)23(20)13-14-5-2-1-3-6-14/h1-3,5-8,11H,4,9-10,12-13H2,(H2,22,24)(H2,25,26,27). The molecular formula is C20H22BrN2O5P. The van der Waals surface area contributed by atoms with Crippen molar-refractivity contribution in [1.29, 1.82) is 0 Å². The van der Waals surface area contributed by atoms with Crippen LogP contribution >= 0.6 is 23.5 Å². The first-order valence-corrected chi connectivity index (χ1v) is 11.6. The molecule has 4 N–H and O–H groups in total. The normalized spacial score (nSPS) is 11.7. The van der Waals surface area contributed by atoms with Crippen LogP contribution in [-0.2, 0) is 22.3 Å². The molecule has 0 spiro atoms. The van der Waals surface area contributed by atoms with Crippen LogP contribution in [0.15, 0.2) is 53.1 Å². The average molecular weight is 481 g/mol. The number of aromatic nitrogens is 1. The number of hydrogen-bond donors (Lipinski definition) is 3. The summed E-state index contributed by atoms with van der Waals surface area (Å²) in [6, 6.07) is 15.5. The molecule has 2 aromatic carbocycles. The van der Waals surface area contributed by atoms with Gasteiger partial charge in [-0.1, -0.05) is 30.3 Å². The zero-order valence-electron chi connectivity index (χ0n) is 15.6. The van der Waals surface area contributed by atoms with Crippen LogP contribution in [0.5, 0.6) is 5.75 Å². The number of benzene rings is 2. The molecule has 154 valence electrons. The Morgan fingerprint density at radius 2 is 1.90 bits per heavy atom. The molecule has 0 saturated heterocycles. The summed E-state index contributed by atoms with van der Waals surface area (Å²) in [4.78, 5) is 29.5. The van der Waals surface area contributed by atoms with E-state index >= 15 is 0 Å². The molecule has 1 amide bonds. The van der Waals surface area contributed by atoms with E-state index in [4.69, 9.17) is 20.3 Å². The second-order valence-corrected chi connectivity index (χ2v) is 9.28. The molecule has 0 radical (unpaired) electrons. The predicted molar refractivity (Wildman–Crippen MR) is 115 cm³/mol. The highest BCUT2D eigenvalue weighted by Gasteiger charge is 2.18. The van der Waals surface area contributed by atoms with Crippen molar-refractivity contribution in [3.05, 3.63) is 64.3 Å². The van der Waals surface area contributed by atoms with Crippen LogP contribution in [0, 0.1) is 0 Å². The van der Waals surface area contributed by atoms with Crippen molar-refractivity contribution < 1.29 is 23.9 Å². The van der Waals surface area contributed by atoms with Gasteiger partial charge in [-0.25, -0.2) is 0 Å². The average Bonchev–Trinajstić information content (AvgIpc) is 2.90. The summed E-state index contributed by atoms with van der Waals surface area (Å²) in [6.45, 7) is 0.812. The molecule has 0 fully saturated rings. The third-order valence-electron chi connectivity index (χ3n) is 4.47. The van der Waals surface area contributed by atoms with Crippen LogP contribution in [0.2, 0.25) is 0 Å². The lowest BCUT2D eigenvalue weighted by molar-refractivity contribution is -0.117. The van der Waals surface area contributed by atoms with Crippen molar-refractivity contribution in [2.45, 2.75) is 19.4 Å². The van der Waals surface area contributed by atoms with E-state index in [1.54, 1.807) is 0 Å². The fourth-order valence-electron chi connectivity index (χ4n) is 3.19. The lowest BCUT2D eigenvalue weighted by Crippen LogP contribution is -2.14. The van der Waals surface area contributed by atoms with Gasteiger partial charge in [-0.15, -0.1) is 0 Å². The van der Waals surface area contributed by atoms with Crippen LogP contribution in [0.3, 0.4) is 0 Å². The maximum absolute atomic E-state index is 11.6. The van der Waals surface area contributed by atoms with Gasteiger partial charge in [0.15, 0.2) is 0 Å². The maximum atomic E-state index is 11.6. The largest absolute Gasteiger partial charge is 0.494 e. The number of ether oxygens (including phenoxy) is 1. The van der Waals surface area contributed by atoms with Gasteiger partial charge in [-0.05, 0) is 46.1 Å². The number of fused-ring (bicyclic) bond motifs is 1. The minimum absolute atomic E-state index is 0.0839.